The molecule has 4 aliphatic rings. The Bertz CT molecular complexity index is 1020. The quantitative estimate of drug-likeness (QED) is 0.619. The monoisotopic (exact) mass is 435 g/mol. The van der Waals surface area contributed by atoms with Crippen molar-refractivity contribution >= 4 is 23.6 Å². The normalized spacial score (nSPS) is 33.0. The average molecular weight is 435 g/mol. The van der Waals surface area contributed by atoms with Gasteiger partial charge in [-0.2, -0.15) is 0 Å². The number of ketones is 1. The standard InChI is InChI=1S/C20H21NO10/c1-18(2,3)16(23)28-7-9-4-10-14-11(5-9)27-8-13(22)19(14,25)20(26)15-12(6-21(10)31-20)29-17(24)30-15/h4-5,12,15,25-26H,6-8H2,1-3H3/t12?,15?,19-,20?/m1/s1. The summed E-state index contributed by atoms with van der Waals surface area (Å²) < 4.78 is 21.0. The Morgan fingerprint density at radius 3 is 2.71 bits per heavy atom. The number of hydrogen-bond donors (Lipinski definition) is 2. The number of nitrogens with zero attached hydrogens (tertiary/aromatic N) is 1. The fourth-order valence-electron chi connectivity index (χ4n) is 4.24. The van der Waals surface area contributed by atoms with E-state index < -0.39 is 53.5 Å². The number of fused-ring (bicyclic) bond motifs is 6. The molecule has 5 rings (SSSR count). The van der Waals surface area contributed by atoms with Crippen LogP contribution >= 0.6 is 0 Å². The third kappa shape index (κ3) is 2.60. The lowest BCUT2D eigenvalue weighted by atomic mass is 9.73. The molecule has 0 radical (unpaired) electrons. The molecular weight excluding hydrogens is 414 g/mol. The van der Waals surface area contributed by atoms with Crippen LogP contribution in [0.4, 0.5) is 10.5 Å². The molecule has 0 saturated carbocycles. The summed E-state index contributed by atoms with van der Waals surface area (Å²) in [4.78, 5) is 42.2. The lowest BCUT2D eigenvalue weighted by Crippen LogP contribution is -2.75. The van der Waals surface area contributed by atoms with Gasteiger partial charge in [0.05, 0.1) is 23.2 Å². The molecule has 11 nitrogen and oxygen atoms in total. The number of Topliss-reactive ketones (excluding diaryl/α,β-unsaturated/α-hetero) is 1. The summed E-state index contributed by atoms with van der Waals surface area (Å²) in [7, 11) is 0. The second-order valence-electron chi connectivity index (χ2n) is 9.03. The number of hydrogen-bond acceptors (Lipinski definition) is 11. The molecule has 1 aromatic carbocycles. The number of carbonyl (C=O) groups excluding carboxylic acids is 3. The third-order valence-corrected chi connectivity index (χ3v) is 5.82. The molecule has 4 heterocycles. The second-order valence-corrected chi connectivity index (χ2v) is 9.03. The van der Waals surface area contributed by atoms with E-state index in [4.69, 9.17) is 23.8 Å². The minimum Gasteiger partial charge on any atom is -0.485 e. The van der Waals surface area contributed by atoms with E-state index in [9.17, 15) is 24.6 Å². The van der Waals surface area contributed by atoms with Crippen LogP contribution < -0.4 is 9.80 Å². The van der Waals surface area contributed by atoms with Gasteiger partial charge in [-0.3, -0.25) is 9.59 Å². The minimum atomic E-state index is -2.61. The van der Waals surface area contributed by atoms with Crippen molar-refractivity contribution in [2.24, 2.45) is 5.41 Å². The van der Waals surface area contributed by atoms with Crippen LogP contribution in [0.15, 0.2) is 12.1 Å². The highest BCUT2D eigenvalue weighted by atomic mass is 16.8. The van der Waals surface area contributed by atoms with Gasteiger partial charge in [-0.25, -0.2) is 14.7 Å². The molecule has 2 fully saturated rings. The molecule has 0 amide bonds. The molecule has 0 aromatic heterocycles. The number of rotatable bonds is 2. The van der Waals surface area contributed by atoms with Crippen molar-refractivity contribution in [1.82, 2.24) is 0 Å². The first-order valence-corrected chi connectivity index (χ1v) is 9.74. The zero-order valence-electron chi connectivity index (χ0n) is 17.0. The van der Waals surface area contributed by atoms with Gasteiger partial charge in [-0.1, -0.05) is 0 Å². The van der Waals surface area contributed by atoms with E-state index in [2.05, 4.69) is 0 Å². The Morgan fingerprint density at radius 1 is 1.26 bits per heavy atom. The zero-order valence-corrected chi connectivity index (χ0v) is 17.0. The van der Waals surface area contributed by atoms with Crippen molar-refractivity contribution in [2.75, 3.05) is 18.2 Å². The van der Waals surface area contributed by atoms with E-state index in [-0.39, 0.29) is 30.2 Å². The van der Waals surface area contributed by atoms with E-state index in [1.165, 1.54) is 11.1 Å². The molecule has 2 bridgehead atoms. The highest BCUT2D eigenvalue weighted by Crippen LogP contribution is 2.56. The topological polar surface area (TPSA) is 141 Å². The molecule has 4 aliphatic heterocycles. The summed E-state index contributed by atoms with van der Waals surface area (Å²) in [5, 5.41) is 24.0. The predicted octanol–water partition coefficient (Wildman–Crippen LogP) is 0.283. The van der Waals surface area contributed by atoms with Crippen molar-refractivity contribution in [2.45, 2.75) is 51.0 Å². The van der Waals surface area contributed by atoms with Gasteiger partial charge in [-0.15, -0.1) is 0 Å². The maximum absolute atomic E-state index is 12.8. The van der Waals surface area contributed by atoms with E-state index in [1.54, 1.807) is 26.8 Å². The van der Waals surface area contributed by atoms with Crippen molar-refractivity contribution in [1.29, 1.82) is 0 Å². The van der Waals surface area contributed by atoms with Crippen LogP contribution in [0, 0.1) is 5.41 Å². The molecule has 0 spiro atoms. The fraction of sp³-hybridized carbons (Fsp3) is 0.550. The van der Waals surface area contributed by atoms with Crippen molar-refractivity contribution in [3.05, 3.63) is 23.3 Å². The Labute approximate surface area is 176 Å². The Kier molecular flexibility index (Phi) is 3.93. The van der Waals surface area contributed by atoms with Gasteiger partial charge in [-0.05, 0) is 38.5 Å². The summed E-state index contributed by atoms with van der Waals surface area (Å²) in [6.07, 6.45) is -3.44. The SMILES string of the molecule is CC(C)(C)C(=O)OCc1cc2c3c(c1)N1CC4OC(=O)OC4C(O)(O1)[C@@]3(O)C(=O)CO2. The van der Waals surface area contributed by atoms with Gasteiger partial charge in [0, 0.05) is 0 Å². The molecule has 3 unspecified atom stereocenters. The highest BCUT2D eigenvalue weighted by Gasteiger charge is 2.74. The van der Waals surface area contributed by atoms with Crippen LogP contribution in [0.25, 0.3) is 0 Å². The number of anilines is 1. The van der Waals surface area contributed by atoms with Crippen LogP contribution in [-0.2, 0) is 40.8 Å². The van der Waals surface area contributed by atoms with Gasteiger partial charge in [0.15, 0.2) is 12.7 Å². The number of esters is 1. The molecule has 1 aromatic rings. The van der Waals surface area contributed by atoms with Crippen LogP contribution in [0.3, 0.4) is 0 Å². The molecule has 2 saturated heterocycles. The van der Waals surface area contributed by atoms with E-state index >= 15 is 0 Å². The van der Waals surface area contributed by atoms with Crippen molar-refractivity contribution < 1.29 is 48.4 Å². The lowest BCUT2D eigenvalue weighted by Gasteiger charge is -2.55. The summed E-state index contributed by atoms with van der Waals surface area (Å²) in [6.45, 7) is 4.51. The van der Waals surface area contributed by atoms with Crippen LogP contribution in [-0.4, -0.2) is 59.3 Å². The zero-order chi connectivity index (χ0) is 22.3. The lowest BCUT2D eigenvalue weighted by molar-refractivity contribution is -0.356. The van der Waals surface area contributed by atoms with E-state index in [0.29, 0.717) is 5.56 Å². The van der Waals surface area contributed by atoms with Gasteiger partial charge < -0.3 is 29.2 Å². The van der Waals surface area contributed by atoms with Crippen molar-refractivity contribution in [3.63, 3.8) is 0 Å². The van der Waals surface area contributed by atoms with Gasteiger partial charge in [0.1, 0.15) is 12.4 Å². The van der Waals surface area contributed by atoms with Crippen molar-refractivity contribution in [3.8, 4) is 5.75 Å². The van der Waals surface area contributed by atoms with E-state index in [1.807, 2.05) is 0 Å². The maximum atomic E-state index is 12.8. The smallest absolute Gasteiger partial charge is 0.485 e. The maximum Gasteiger partial charge on any atom is 0.509 e. The molecular formula is C20H21NO10. The summed E-state index contributed by atoms with van der Waals surface area (Å²) >= 11 is 0. The molecule has 0 aliphatic carbocycles. The average Bonchev–Trinajstić information content (AvgIpc) is 3.07. The van der Waals surface area contributed by atoms with E-state index in [0.717, 1.165) is 0 Å². The summed E-state index contributed by atoms with van der Waals surface area (Å²) in [5.74, 6) is -3.76. The van der Waals surface area contributed by atoms with Gasteiger partial charge >= 0.3 is 12.1 Å². The molecule has 4 atom stereocenters. The Hall–Kier alpha value is -2.89. The molecule has 166 valence electrons. The summed E-state index contributed by atoms with van der Waals surface area (Å²) in [5.41, 5.74) is -2.53. The molecule has 31 heavy (non-hydrogen) atoms. The molecule has 2 N–H and O–H groups in total. The van der Waals surface area contributed by atoms with Crippen LogP contribution in [0.1, 0.15) is 31.9 Å². The van der Waals surface area contributed by atoms with Crippen LogP contribution in [0.5, 0.6) is 5.75 Å². The van der Waals surface area contributed by atoms with Gasteiger partial charge in [0.25, 0.3) is 5.79 Å². The number of benzene rings is 1. The molecule has 11 heteroatoms. The Morgan fingerprint density at radius 2 is 2.00 bits per heavy atom. The first-order chi connectivity index (χ1) is 14.4. The summed E-state index contributed by atoms with van der Waals surface area (Å²) in [6, 6.07) is 3.07. The number of ether oxygens (including phenoxy) is 4. The Balaban J connectivity index is 1.60. The highest BCUT2D eigenvalue weighted by molar-refractivity contribution is 5.96. The van der Waals surface area contributed by atoms with Crippen LogP contribution in [0.2, 0.25) is 0 Å². The number of carbonyl (C=O) groups is 3. The second kappa shape index (κ2) is 6.09. The minimum absolute atomic E-state index is 0.00945. The fourth-order valence-corrected chi connectivity index (χ4v) is 4.24. The largest absolute Gasteiger partial charge is 0.509 e. The predicted molar refractivity (Wildman–Crippen MR) is 98.6 cm³/mol. The first-order valence-electron chi connectivity index (χ1n) is 9.74. The number of hydroxylamine groups is 1. The van der Waals surface area contributed by atoms with Gasteiger partial charge in [0.2, 0.25) is 17.5 Å². The third-order valence-electron chi connectivity index (χ3n) is 5.82. The number of aliphatic hydroxyl groups is 2. The first kappa shape index (κ1) is 20.0.